The molecule has 3 rings (SSSR count). The fraction of sp³-hybridized carbons (Fsp3) is 0.333. The van der Waals surface area contributed by atoms with Crippen molar-refractivity contribution in [2.45, 2.75) is 23.9 Å². The van der Waals surface area contributed by atoms with E-state index in [9.17, 15) is 19.2 Å². The van der Waals surface area contributed by atoms with Gasteiger partial charge in [0.15, 0.2) is 5.37 Å². The number of thioether (sulfide) groups is 1. The van der Waals surface area contributed by atoms with Crippen LogP contribution in [0.25, 0.3) is 0 Å². The molecular weight excluding hydrogens is 336 g/mol. The summed E-state index contributed by atoms with van der Waals surface area (Å²) in [6, 6.07) is 5.08. The summed E-state index contributed by atoms with van der Waals surface area (Å²) in [6.07, 6.45) is -0.158. The van der Waals surface area contributed by atoms with Crippen LogP contribution < -0.4 is 5.32 Å². The molecule has 126 valence electrons. The van der Waals surface area contributed by atoms with Crippen molar-refractivity contribution in [2.24, 2.45) is 0 Å². The summed E-state index contributed by atoms with van der Waals surface area (Å²) >= 11 is 1.15. The van der Waals surface area contributed by atoms with Gasteiger partial charge in [-0.05, 0) is 11.6 Å². The second-order valence-corrected chi connectivity index (χ2v) is 6.63. The minimum Gasteiger partial charge on any atom is -0.479 e. The molecule has 2 aliphatic heterocycles. The third-order valence-electron chi connectivity index (χ3n) is 4.07. The number of aromatic carboxylic acids is 1. The van der Waals surface area contributed by atoms with Crippen LogP contribution in [-0.2, 0) is 20.8 Å². The lowest BCUT2D eigenvalue weighted by Gasteiger charge is -2.43. The van der Waals surface area contributed by atoms with Gasteiger partial charge >= 0.3 is 11.9 Å². The molecule has 2 heterocycles. The fourth-order valence-electron chi connectivity index (χ4n) is 2.93. The fourth-order valence-corrected chi connectivity index (χ4v) is 4.23. The van der Waals surface area contributed by atoms with Gasteiger partial charge in [-0.2, -0.15) is 0 Å². The SMILES string of the molecule is O=C(Cc1ccccc1C(=O)O)N[C@H]1C(=O)N2C(C(=O)O)SCC12. The van der Waals surface area contributed by atoms with E-state index in [-0.39, 0.29) is 18.0 Å². The van der Waals surface area contributed by atoms with Crippen LogP contribution in [0.15, 0.2) is 24.3 Å². The van der Waals surface area contributed by atoms with Gasteiger partial charge in [0.25, 0.3) is 0 Å². The number of nitrogens with one attached hydrogen (secondary N) is 1. The van der Waals surface area contributed by atoms with E-state index >= 15 is 0 Å². The largest absolute Gasteiger partial charge is 0.479 e. The topological polar surface area (TPSA) is 124 Å². The first-order valence-electron chi connectivity index (χ1n) is 7.17. The average molecular weight is 350 g/mol. The first-order valence-corrected chi connectivity index (χ1v) is 8.22. The first kappa shape index (κ1) is 16.3. The number of carbonyl (C=O) groups is 4. The van der Waals surface area contributed by atoms with Crippen molar-refractivity contribution in [1.82, 2.24) is 10.2 Å². The van der Waals surface area contributed by atoms with Crippen molar-refractivity contribution >= 4 is 35.5 Å². The van der Waals surface area contributed by atoms with Gasteiger partial charge in [0.2, 0.25) is 11.8 Å². The van der Waals surface area contributed by atoms with E-state index in [1.807, 2.05) is 0 Å². The Bertz CT molecular complexity index is 736. The lowest BCUT2D eigenvalue weighted by atomic mass is 9.96. The number of benzene rings is 1. The Morgan fingerprint density at radius 3 is 2.62 bits per heavy atom. The van der Waals surface area contributed by atoms with Crippen LogP contribution in [0.3, 0.4) is 0 Å². The smallest absolute Gasteiger partial charge is 0.337 e. The van der Waals surface area contributed by atoms with E-state index in [4.69, 9.17) is 10.2 Å². The van der Waals surface area contributed by atoms with Gasteiger partial charge in [-0.25, -0.2) is 9.59 Å². The van der Waals surface area contributed by atoms with Crippen molar-refractivity contribution in [3.8, 4) is 0 Å². The summed E-state index contributed by atoms with van der Waals surface area (Å²) in [4.78, 5) is 47.7. The third kappa shape index (κ3) is 2.71. The van der Waals surface area contributed by atoms with Crippen LogP contribution in [0.5, 0.6) is 0 Å². The standard InChI is InChI=1S/C15H14N2O6S/c18-10(5-7-3-1-2-4-8(7)14(20)21)16-11-9-6-24-13(15(22)23)17(9)12(11)19/h1-4,9,11,13H,5-6H2,(H,16,18)(H,20,21)(H,22,23)/t9?,11-,13?/m1/s1. The van der Waals surface area contributed by atoms with Gasteiger partial charge in [0, 0.05) is 5.75 Å². The molecule has 24 heavy (non-hydrogen) atoms. The van der Waals surface area contributed by atoms with Crippen LogP contribution in [0.4, 0.5) is 0 Å². The van der Waals surface area contributed by atoms with E-state index in [0.717, 1.165) is 11.8 Å². The number of carboxylic acids is 2. The van der Waals surface area contributed by atoms with Gasteiger partial charge in [0.1, 0.15) is 6.04 Å². The molecule has 9 heteroatoms. The van der Waals surface area contributed by atoms with E-state index in [1.54, 1.807) is 18.2 Å². The average Bonchev–Trinajstić information content (AvgIpc) is 2.93. The predicted octanol–water partition coefficient (Wildman–Crippen LogP) is -0.220. The van der Waals surface area contributed by atoms with Crippen molar-refractivity contribution in [2.75, 3.05) is 5.75 Å². The number of nitrogens with zero attached hydrogens (tertiary/aromatic N) is 1. The van der Waals surface area contributed by atoms with E-state index in [1.165, 1.54) is 11.0 Å². The molecule has 0 spiro atoms. The molecule has 8 nitrogen and oxygen atoms in total. The first-order chi connectivity index (χ1) is 11.4. The highest BCUT2D eigenvalue weighted by Crippen LogP contribution is 2.38. The minimum atomic E-state index is -1.12. The maximum atomic E-state index is 12.1. The summed E-state index contributed by atoms with van der Waals surface area (Å²) in [5, 5.41) is 19.8. The predicted molar refractivity (Wildman–Crippen MR) is 83.6 cm³/mol. The zero-order valence-electron chi connectivity index (χ0n) is 12.3. The molecule has 0 saturated carbocycles. The van der Waals surface area contributed by atoms with Gasteiger partial charge in [0.05, 0.1) is 18.0 Å². The molecule has 0 bridgehead atoms. The maximum Gasteiger partial charge on any atom is 0.337 e. The van der Waals surface area contributed by atoms with Gasteiger partial charge in [-0.1, -0.05) is 18.2 Å². The van der Waals surface area contributed by atoms with Gasteiger partial charge < -0.3 is 20.4 Å². The molecule has 3 N–H and O–H groups in total. The summed E-state index contributed by atoms with van der Waals surface area (Å²) in [5.41, 5.74) is 0.395. The Morgan fingerprint density at radius 2 is 1.96 bits per heavy atom. The monoisotopic (exact) mass is 350 g/mol. The number of aliphatic carboxylic acids is 1. The Kier molecular flexibility index (Phi) is 4.18. The van der Waals surface area contributed by atoms with E-state index in [2.05, 4.69) is 5.32 Å². The maximum absolute atomic E-state index is 12.1. The molecule has 0 aromatic heterocycles. The summed E-state index contributed by atoms with van der Waals surface area (Å²) in [6.45, 7) is 0. The van der Waals surface area contributed by atoms with Crippen LogP contribution in [-0.4, -0.2) is 62.1 Å². The molecule has 1 aromatic carbocycles. The van der Waals surface area contributed by atoms with Crippen molar-refractivity contribution in [1.29, 1.82) is 0 Å². The summed E-state index contributed by atoms with van der Waals surface area (Å²) in [5.74, 6) is -2.64. The minimum absolute atomic E-state index is 0.0385. The molecule has 0 aliphatic carbocycles. The van der Waals surface area contributed by atoms with Crippen molar-refractivity contribution in [3.05, 3.63) is 35.4 Å². The summed E-state index contributed by atoms with van der Waals surface area (Å²) < 4.78 is 0. The molecular formula is C15H14N2O6S. The lowest BCUT2D eigenvalue weighted by molar-refractivity contribution is -0.159. The Balaban J connectivity index is 1.64. The second kappa shape index (κ2) is 6.16. The number of carbonyl (C=O) groups excluding carboxylic acids is 2. The molecule has 2 amide bonds. The van der Waals surface area contributed by atoms with Gasteiger partial charge in [-0.3, -0.25) is 9.59 Å². The van der Waals surface area contributed by atoms with Gasteiger partial charge in [-0.15, -0.1) is 11.8 Å². The number of amides is 2. The zero-order valence-corrected chi connectivity index (χ0v) is 13.2. The Morgan fingerprint density at radius 1 is 1.25 bits per heavy atom. The molecule has 2 fully saturated rings. The van der Waals surface area contributed by atoms with Crippen LogP contribution in [0, 0.1) is 0 Å². The quantitative estimate of drug-likeness (QED) is 0.627. The number of fused-ring (bicyclic) bond motifs is 1. The highest BCUT2D eigenvalue weighted by atomic mass is 32.2. The molecule has 2 aliphatic rings. The normalized spacial score (nSPS) is 24.9. The number of hydrogen-bond acceptors (Lipinski definition) is 5. The number of β-lactam (4-membered cyclic amide) rings is 1. The highest BCUT2D eigenvalue weighted by Gasteiger charge is 2.57. The van der Waals surface area contributed by atoms with Crippen LogP contribution in [0.1, 0.15) is 15.9 Å². The van der Waals surface area contributed by atoms with E-state index < -0.39 is 35.2 Å². The third-order valence-corrected chi connectivity index (χ3v) is 5.35. The van der Waals surface area contributed by atoms with Crippen LogP contribution >= 0.6 is 11.8 Å². The van der Waals surface area contributed by atoms with Crippen molar-refractivity contribution in [3.63, 3.8) is 0 Å². The Hall–Kier alpha value is -2.55. The zero-order chi connectivity index (χ0) is 17.4. The number of carboxylic acid groups (broad SMARTS) is 2. The number of rotatable bonds is 5. The Labute approximate surface area is 140 Å². The molecule has 2 unspecified atom stereocenters. The van der Waals surface area contributed by atoms with E-state index in [0.29, 0.717) is 11.3 Å². The second-order valence-electron chi connectivity index (χ2n) is 5.52. The molecule has 2 saturated heterocycles. The number of hydrogen-bond donors (Lipinski definition) is 3. The molecule has 1 aromatic rings. The van der Waals surface area contributed by atoms with Crippen molar-refractivity contribution < 1.29 is 29.4 Å². The summed E-state index contributed by atoms with van der Waals surface area (Å²) in [7, 11) is 0. The molecule has 3 atom stereocenters. The lowest BCUT2D eigenvalue weighted by Crippen LogP contribution is -2.71. The highest BCUT2D eigenvalue weighted by molar-refractivity contribution is 8.00. The molecule has 0 radical (unpaired) electrons. The van der Waals surface area contributed by atoms with Crippen LogP contribution in [0.2, 0.25) is 0 Å².